The molecule has 0 bridgehead atoms. The Morgan fingerprint density at radius 2 is 1.69 bits per heavy atom. The molecule has 7 nitrogen and oxygen atoms in total. The molecule has 2 heterocycles. The molecule has 4 rings (SSSR count). The number of sulfonamides is 1. The highest BCUT2D eigenvalue weighted by atomic mass is 32.2. The van der Waals surface area contributed by atoms with Crippen molar-refractivity contribution in [2.75, 3.05) is 18.4 Å². The van der Waals surface area contributed by atoms with Crippen LogP contribution in [0.5, 0.6) is 0 Å². The lowest BCUT2D eigenvalue weighted by atomic mass is 10.1. The molecule has 1 fully saturated rings. The van der Waals surface area contributed by atoms with Gasteiger partial charge in [0.05, 0.1) is 17.0 Å². The van der Waals surface area contributed by atoms with Gasteiger partial charge in [-0.3, -0.25) is 4.79 Å². The summed E-state index contributed by atoms with van der Waals surface area (Å²) in [7, 11) is -3.44. The van der Waals surface area contributed by atoms with E-state index in [1.165, 1.54) is 4.31 Å². The molecule has 0 aliphatic carbocycles. The van der Waals surface area contributed by atoms with Gasteiger partial charge in [0.25, 0.3) is 0 Å². The average Bonchev–Trinajstić information content (AvgIpc) is 3.43. The quantitative estimate of drug-likeness (QED) is 0.677. The highest BCUT2D eigenvalue weighted by Gasteiger charge is 2.26. The van der Waals surface area contributed by atoms with Crippen LogP contribution in [0, 0.1) is 0 Å². The molecule has 1 N–H and O–H groups in total. The molecule has 2 aromatic carbocycles. The largest absolute Gasteiger partial charge is 0.326 e. The van der Waals surface area contributed by atoms with Crippen molar-refractivity contribution in [3.05, 3.63) is 72.6 Å². The minimum atomic E-state index is -3.44. The van der Waals surface area contributed by atoms with E-state index in [1.807, 2.05) is 36.5 Å². The maximum atomic E-state index is 12.6. The van der Waals surface area contributed by atoms with Gasteiger partial charge in [0, 0.05) is 31.2 Å². The van der Waals surface area contributed by atoms with Crippen LogP contribution in [-0.4, -0.2) is 41.5 Å². The van der Waals surface area contributed by atoms with Crippen molar-refractivity contribution in [2.45, 2.75) is 24.2 Å². The molecule has 150 valence electrons. The number of nitrogens with one attached hydrogen (secondary N) is 1. The fourth-order valence-electron chi connectivity index (χ4n) is 3.37. The topological polar surface area (TPSA) is 84.3 Å². The van der Waals surface area contributed by atoms with Gasteiger partial charge in [0.2, 0.25) is 15.9 Å². The van der Waals surface area contributed by atoms with Gasteiger partial charge in [-0.2, -0.15) is 9.40 Å². The third kappa shape index (κ3) is 4.38. The first-order chi connectivity index (χ1) is 14.0. The summed E-state index contributed by atoms with van der Waals surface area (Å²) in [6.07, 6.45) is 5.60. The summed E-state index contributed by atoms with van der Waals surface area (Å²) in [4.78, 5) is 12.6. The first-order valence-corrected chi connectivity index (χ1v) is 11.0. The minimum Gasteiger partial charge on any atom is -0.326 e. The molecule has 1 aliphatic rings. The summed E-state index contributed by atoms with van der Waals surface area (Å²) >= 11 is 0. The lowest BCUT2D eigenvalue weighted by Gasteiger charge is -2.15. The molecule has 0 spiro atoms. The van der Waals surface area contributed by atoms with Crippen LogP contribution in [0.4, 0.5) is 5.69 Å². The summed E-state index contributed by atoms with van der Waals surface area (Å²) in [5.41, 5.74) is 2.38. The fourth-order valence-corrected chi connectivity index (χ4v) is 4.88. The molecule has 29 heavy (non-hydrogen) atoms. The van der Waals surface area contributed by atoms with E-state index in [1.54, 1.807) is 35.1 Å². The third-order valence-electron chi connectivity index (χ3n) is 4.91. The first kappa shape index (κ1) is 19.4. The van der Waals surface area contributed by atoms with E-state index in [-0.39, 0.29) is 17.2 Å². The smallest absolute Gasteiger partial charge is 0.243 e. The molecule has 0 atom stereocenters. The van der Waals surface area contributed by atoms with Crippen molar-refractivity contribution in [3.63, 3.8) is 0 Å². The number of aromatic nitrogens is 2. The van der Waals surface area contributed by atoms with E-state index in [2.05, 4.69) is 10.4 Å². The fraction of sp³-hybridized carbons (Fsp3) is 0.238. The number of hydrogen-bond acceptors (Lipinski definition) is 4. The van der Waals surface area contributed by atoms with E-state index in [0.29, 0.717) is 18.8 Å². The number of anilines is 1. The first-order valence-electron chi connectivity index (χ1n) is 9.51. The predicted octanol–water partition coefficient (Wildman–Crippen LogP) is 2.84. The molecule has 1 aliphatic heterocycles. The molecule has 3 aromatic rings. The van der Waals surface area contributed by atoms with Gasteiger partial charge in [0.15, 0.2) is 0 Å². The Labute approximate surface area is 170 Å². The predicted molar refractivity (Wildman–Crippen MR) is 110 cm³/mol. The van der Waals surface area contributed by atoms with Crippen molar-refractivity contribution in [1.29, 1.82) is 0 Å². The lowest BCUT2D eigenvalue weighted by molar-refractivity contribution is -0.115. The van der Waals surface area contributed by atoms with Gasteiger partial charge in [-0.25, -0.2) is 13.1 Å². The lowest BCUT2D eigenvalue weighted by Crippen LogP contribution is -2.27. The van der Waals surface area contributed by atoms with Crippen LogP contribution in [-0.2, 0) is 21.2 Å². The van der Waals surface area contributed by atoms with Gasteiger partial charge in [-0.15, -0.1) is 0 Å². The monoisotopic (exact) mass is 410 g/mol. The minimum absolute atomic E-state index is 0.160. The van der Waals surface area contributed by atoms with Crippen LogP contribution < -0.4 is 5.32 Å². The second-order valence-corrected chi connectivity index (χ2v) is 8.92. The number of amides is 1. The molecule has 8 heteroatoms. The normalized spacial score (nSPS) is 14.8. The second-order valence-electron chi connectivity index (χ2n) is 6.98. The number of nitrogens with zero attached hydrogens (tertiary/aromatic N) is 3. The summed E-state index contributed by atoms with van der Waals surface area (Å²) in [5, 5.41) is 6.99. The highest BCUT2D eigenvalue weighted by molar-refractivity contribution is 7.89. The summed E-state index contributed by atoms with van der Waals surface area (Å²) in [6.45, 7) is 1.14. The Morgan fingerprint density at radius 3 is 2.31 bits per heavy atom. The molecule has 1 saturated heterocycles. The molecule has 0 radical (unpaired) electrons. The van der Waals surface area contributed by atoms with Crippen molar-refractivity contribution < 1.29 is 13.2 Å². The van der Waals surface area contributed by atoms with E-state index in [4.69, 9.17) is 0 Å². The van der Waals surface area contributed by atoms with Crippen LogP contribution in [0.3, 0.4) is 0 Å². The van der Waals surface area contributed by atoms with E-state index in [9.17, 15) is 13.2 Å². The summed E-state index contributed by atoms with van der Waals surface area (Å²) in [6, 6.07) is 15.8. The third-order valence-corrected chi connectivity index (χ3v) is 6.82. The van der Waals surface area contributed by atoms with Crippen LogP contribution in [0.15, 0.2) is 71.9 Å². The number of hydrogen-bond donors (Lipinski definition) is 1. The SMILES string of the molecule is O=C(Cc1ccc(-n2cccn2)cc1)Nc1ccc(S(=O)(=O)N2CCCC2)cc1. The number of benzene rings is 2. The maximum Gasteiger partial charge on any atom is 0.243 e. The van der Waals surface area contributed by atoms with Gasteiger partial charge in [0.1, 0.15) is 0 Å². The molecule has 1 amide bonds. The number of carbonyl (C=O) groups is 1. The standard InChI is InChI=1S/C21H22N4O3S/c26-21(16-17-4-8-19(9-5-17)25-15-3-12-22-25)23-18-6-10-20(11-7-18)29(27,28)24-13-1-2-14-24/h3-12,15H,1-2,13-14,16H2,(H,23,26). The van der Waals surface area contributed by atoms with Crippen LogP contribution in [0.2, 0.25) is 0 Å². The Kier molecular flexibility index (Phi) is 5.46. The van der Waals surface area contributed by atoms with E-state index < -0.39 is 10.0 Å². The van der Waals surface area contributed by atoms with Gasteiger partial charge >= 0.3 is 0 Å². The zero-order valence-corrected chi connectivity index (χ0v) is 16.7. The number of rotatable bonds is 6. The highest BCUT2D eigenvalue weighted by Crippen LogP contribution is 2.22. The Hall–Kier alpha value is -2.97. The van der Waals surface area contributed by atoms with Crippen LogP contribution in [0.1, 0.15) is 18.4 Å². The molecular formula is C21H22N4O3S. The Balaban J connectivity index is 1.37. The zero-order chi connectivity index (χ0) is 20.3. The molecule has 0 saturated carbocycles. The zero-order valence-electron chi connectivity index (χ0n) is 15.9. The van der Waals surface area contributed by atoms with Crippen molar-refractivity contribution in [3.8, 4) is 5.69 Å². The van der Waals surface area contributed by atoms with Crippen LogP contribution >= 0.6 is 0 Å². The molecule has 0 unspecified atom stereocenters. The summed E-state index contributed by atoms with van der Waals surface area (Å²) < 4.78 is 28.4. The maximum absolute atomic E-state index is 12.6. The van der Waals surface area contributed by atoms with Gasteiger partial charge in [-0.1, -0.05) is 12.1 Å². The number of carbonyl (C=O) groups excluding carboxylic acids is 1. The van der Waals surface area contributed by atoms with E-state index in [0.717, 1.165) is 24.1 Å². The molecule has 1 aromatic heterocycles. The summed E-state index contributed by atoms with van der Waals surface area (Å²) in [5.74, 6) is -0.160. The van der Waals surface area contributed by atoms with Gasteiger partial charge in [-0.05, 0) is 60.9 Å². The Bertz CT molecular complexity index is 1070. The van der Waals surface area contributed by atoms with Crippen LogP contribution in [0.25, 0.3) is 5.69 Å². The van der Waals surface area contributed by atoms with Gasteiger partial charge < -0.3 is 5.32 Å². The molecular weight excluding hydrogens is 388 g/mol. The van der Waals surface area contributed by atoms with E-state index >= 15 is 0 Å². The van der Waals surface area contributed by atoms with Crippen molar-refractivity contribution >= 4 is 21.6 Å². The van der Waals surface area contributed by atoms with Crippen molar-refractivity contribution in [1.82, 2.24) is 14.1 Å². The Morgan fingerprint density at radius 1 is 1.00 bits per heavy atom. The average molecular weight is 410 g/mol. The second kappa shape index (κ2) is 8.18. The van der Waals surface area contributed by atoms with Crippen molar-refractivity contribution in [2.24, 2.45) is 0 Å².